The Labute approximate surface area is 188 Å². The van der Waals surface area contributed by atoms with E-state index in [1.54, 1.807) is 10.8 Å². The number of hydrogen-bond acceptors (Lipinski definition) is 5. The highest BCUT2D eigenvalue weighted by molar-refractivity contribution is 6.31. The van der Waals surface area contributed by atoms with Crippen molar-refractivity contribution in [2.75, 3.05) is 20.1 Å². The molecule has 0 aliphatic carbocycles. The molecule has 2 aromatic heterocycles. The molecule has 0 saturated carbocycles. The van der Waals surface area contributed by atoms with Crippen molar-refractivity contribution >= 4 is 28.6 Å². The van der Waals surface area contributed by atoms with Crippen molar-refractivity contribution in [3.63, 3.8) is 0 Å². The van der Waals surface area contributed by atoms with Crippen LogP contribution in [0.1, 0.15) is 24.2 Å². The average molecular weight is 442 g/mol. The third-order valence-corrected chi connectivity index (χ3v) is 5.43. The molecule has 0 spiro atoms. The lowest BCUT2D eigenvalue weighted by Gasteiger charge is -2.31. The number of benzene rings is 1. The van der Waals surface area contributed by atoms with Gasteiger partial charge < -0.3 is 26.3 Å². The Bertz CT molecular complexity index is 1010. The zero-order valence-corrected chi connectivity index (χ0v) is 18.8. The molecule has 31 heavy (non-hydrogen) atoms. The van der Waals surface area contributed by atoms with Crippen molar-refractivity contribution in [2.24, 2.45) is 5.73 Å². The molecule has 1 aliphatic heterocycles. The summed E-state index contributed by atoms with van der Waals surface area (Å²) in [7, 11) is 2.17. The van der Waals surface area contributed by atoms with Gasteiger partial charge in [0.25, 0.3) is 0 Å². The Morgan fingerprint density at radius 1 is 1.39 bits per heavy atom. The predicted molar refractivity (Wildman–Crippen MR) is 129 cm³/mol. The van der Waals surface area contributed by atoms with Gasteiger partial charge in [0, 0.05) is 40.4 Å². The molecule has 0 radical (unpaired) electrons. The van der Waals surface area contributed by atoms with Crippen molar-refractivity contribution in [1.29, 1.82) is 0 Å². The van der Waals surface area contributed by atoms with Crippen LogP contribution in [-0.4, -0.2) is 45.8 Å². The van der Waals surface area contributed by atoms with E-state index in [1.807, 2.05) is 30.5 Å². The van der Waals surface area contributed by atoms with Gasteiger partial charge in [-0.15, -0.1) is 0 Å². The van der Waals surface area contributed by atoms with E-state index in [9.17, 15) is 0 Å². The average Bonchev–Trinajstić information content (AvgIpc) is 3.38. The molecule has 5 N–H and O–H groups in total. The van der Waals surface area contributed by atoms with Crippen molar-refractivity contribution in [1.82, 2.24) is 30.3 Å². The fourth-order valence-electron chi connectivity index (χ4n) is 3.63. The van der Waals surface area contributed by atoms with Crippen LogP contribution in [0.5, 0.6) is 0 Å². The first-order chi connectivity index (χ1) is 15.0. The number of fused-ring (bicyclic) bond motifs is 1. The fraction of sp³-hybridized carbons (Fsp3) is 0.348. The summed E-state index contributed by atoms with van der Waals surface area (Å²) in [4.78, 5) is 5.75. The van der Waals surface area contributed by atoms with Crippen LogP contribution in [0.4, 0.5) is 0 Å². The van der Waals surface area contributed by atoms with Gasteiger partial charge in [0.2, 0.25) is 0 Å². The SMILES string of the molecule is C=C(NCc1cc2cc(Cl)ccc2[nH]1)NC1CCCN(C)C1.C=Cc1ccn(CN)n1. The number of aromatic amines is 1. The highest BCUT2D eigenvalue weighted by atomic mass is 35.5. The molecule has 3 aromatic rings. The second-order valence-electron chi connectivity index (χ2n) is 7.77. The molecule has 0 bridgehead atoms. The minimum absolute atomic E-state index is 0.424. The van der Waals surface area contributed by atoms with Crippen LogP contribution >= 0.6 is 11.6 Å². The van der Waals surface area contributed by atoms with Crippen LogP contribution < -0.4 is 16.4 Å². The molecule has 4 rings (SSSR count). The van der Waals surface area contributed by atoms with Gasteiger partial charge in [0.15, 0.2) is 0 Å². The number of halogens is 1. The molecule has 1 saturated heterocycles. The van der Waals surface area contributed by atoms with E-state index in [2.05, 4.69) is 51.9 Å². The van der Waals surface area contributed by atoms with Gasteiger partial charge in [-0.25, -0.2) is 0 Å². The van der Waals surface area contributed by atoms with Crippen molar-refractivity contribution in [2.45, 2.75) is 32.1 Å². The van der Waals surface area contributed by atoms with E-state index in [4.69, 9.17) is 17.3 Å². The maximum Gasteiger partial charge on any atom is 0.0918 e. The van der Waals surface area contributed by atoms with Gasteiger partial charge in [-0.2, -0.15) is 5.10 Å². The number of likely N-dealkylation sites (tertiary alicyclic amines) is 1. The van der Waals surface area contributed by atoms with E-state index in [-0.39, 0.29) is 0 Å². The largest absolute Gasteiger partial charge is 0.368 e. The molecule has 0 amide bonds. The van der Waals surface area contributed by atoms with Crippen LogP contribution in [0, 0.1) is 0 Å². The Balaban J connectivity index is 0.000000254. The molecular formula is C23H32ClN7. The zero-order valence-electron chi connectivity index (χ0n) is 18.1. The van der Waals surface area contributed by atoms with Crippen LogP contribution in [-0.2, 0) is 13.2 Å². The van der Waals surface area contributed by atoms with Gasteiger partial charge in [-0.3, -0.25) is 4.68 Å². The number of likely N-dealkylation sites (N-methyl/N-ethyl adjacent to an activating group) is 1. The Hall–Kier alpha value is -2.74. The van der Waals surface area contributed by atoms with E-state index < -0.39 is 0 Å². The van der Waals surface area contributed by atoms with E-state index in [1.165, 1.54) is 19.4 Å². The van der Waals surface area contributed by atoms with E-state index >= 15 is 0 Å². The number of hydrogen-bond donors (Lipinski definition) is 4. The molecule has 1 aromatic carbocycles. The normalized spacial score (nSPS) is 16.4. The van der Waals surface area contributed by atoms with Gasteiger partial charge in [-0.05, 0) is 62.8 Å². The van der Waals surface area contributed by atoms with E-state index in [0.717, 1.165) is 46.2 Å². The third kappa shape index (κ3) is 6.89. The van der Waals surface area contributed by atoms with Gasteiger partial charge in [0.05, 0.1) is 24.7 Å². The van der Waals surface area contributed by atoms with Gasteiger partial charge >= 0.3 is 0 Å². The Morgan fingerprint density at radius 3 is 2.90 bits per heavy atom. The molecule has 8 heteroatoms. The van der Waals surface area contributed by atoms with Gasteiger partial charge in [0.1, 0.15) is 0 Å². The maximum absolute atomic E-state index is 6.02. The highest BCUT2D eigenvalue weighted by Gasteiger charge is 2.16. The quantitative estimate of drug-likeness (QED) is 0.450. The topological polar surface area (TPSA) is 86.9 Å². The highest BCUT2D eigenvalue weighted by Crippen LogP contribution is 2.20. The number of nitrogens with two attached hydrogens (primary N) is 1. The smallest absolute Gasteiger partial charge is 0.0918 e. The maximum atomic E-state index is 6.02. The molecule has 7 nitrogen and oxygen atoms in total. The number of nitrogens with one attached hydrogen (secondary N) is 3. The summed E-state index contributed by atoms with van der Waals surface area (Å²) >= 11 is 6.02. The second kappa shape index (κ2) is 11.0. The van der Waals surface area contributed by atoms with Crippen molar-refractivity contribution in [3.05, 3.63) is 71.9 Å². The molecular weight excluding hydrogens is 410 g/mol. The zero-order chi connectivity index (χ0) is 22.2. The standard InChI is InChI=1S/C17H23ClN4.C6H9N3/c1-12(20-15-4-3-7-22(2)11-15)19-10-16-9-13-8-14(18)5-6-17(13)21-16;1-2-6-3-4-9(5-7)8-6/h5-6,8-9,15,19-21H,1,3-4,7,10-11H2,2H3;2-4H,1,5,7H2. The number of piperidine rings is 1. The van der Waals surface area contributed by atoms with Crippen LogP contribution in [0.2, 0.25) is 5.02 Å². The summed E-state index contributed by atoms with van der Waals surface area (Å²) in [6.07, 6.45) is 5.95. The summed E-state index contributed by atoms with van der Waals surface area (Å²) in [5, 5.41) is 12.7. The van der Waals surface area contributed by atoms with Gasteiger partial charge in [-0.1, -0.05) is 24.8 Å². The summed E-state index contributed by atoms with van der Waals surface area (Å²) < 4.78 is 1.65. The molecule has 1 fully saturated rings. The Kier molecular flexibility index (Phi) is 8.17. The molecule has 1 unspecified atom stereocenters. The van der Waals surface area contributed by atoms with Crippen LogP contribution in [0.3, 0.4) is 0 Å². The lowest BCUT2D eigenvalue weighted by atomic mass is 10.1. The number of nitrogens with zero attached hydrogens (tertiary/aromatic N) is 3. The summed E-state index contributed by atoms with van der Waals surface area (Å²) in [6.45, 7) is 11.1. The number of rotatable bonds is 7. The predicted octanol–water partition coefficient (Wildman–Crippen LogP) is 3.51. The summed E-state index contributed by atoms with van der Waals surface area (Å²) in [5.41, 5.74) is 8.38. The van der Waals surface area contributed by atoms with Crippen LogP contribution in [0.15, 0.2) is 55.5 Å². The second-order valence-corrected chi connectivity index (χ2v) is 8.21. The lowest BCUT2D eigenvalue weighted by Crippen LogP contribution is -2.45. The molecule has 1 aliphatic rings. The fourth-order valence-corrected chi connectivity index (χ4v) is 3.81. The first kappa shape index (κ1) is 22.9. The third-order valence-electron chi connectivity index (χ3n) is 5.19. The summed E-state index contributed by atoms with van der Waals surface area (Å²) in [6, 6.07) is 10.3. The number of H-pyrrole nitrogens is 1. The minimum Gasteiger partial charge on any atom is -0.368 e. The molecule has 3 heterocycles. The van der Waals surface area contributed by atoms with Crippen LogP contribution in [0.25, 0.3) is 17.0 Å². The summed E-state index contributed by atoms with van der Waals surface area (Å²) in [5.74, 6) is 0.886. The molecule has 1 atom stereocenters. The van der Waals surface area contributed by atoms with E-state index in [0.29, 0.717) is 12.7 Å². The first-order valence-electron chi connectivity index (χ1n) is 10.5. The Morgan fingerprint density at radius 2 is 2.23 bits per heavy atom. The lowest BCUT2D eigenvalue weighted by molar-refractivity contribution is 0.233. The monoisotopic (exact) mass is 441 g/mol. The molecule has 166 valence electrons. The van der Waals surface area contributed by atoms with Crippen molar-refractivity contribution < 1.29 is 0 Å². The van der Waals surface area contributed by atoms with Crippen molar-refractivity contribution in [3.8, 4) is 0 Å². The minimum atomic E-state index is 0.424. The number of aromatic nitrogens is 3. The first-order valence-corrected chi connectivity index (χ1v) is 10.9.